The molecular weight excluding hydrogens is 498 g/mol. The Labute approximate surface area is 241 Å². The highest BCUT2D eigenvalue weighted by molar-refractivity contribution is 5.79. The summed E-state index contributed by atoms with van der Waals surface area (Å²) in [6.45, 7) is 0. The number of nitrogens with zero attached hydrogens (tertiary/aromatic N) is 1. The molecule has 1 aliphatic heterocycles. The topological polar surface area (TPSA) is 12.5 Å². The quantitative estimate of drug-likeness (QED) is 0.214. The predicted octanol–water partition coefficient (Wildman–Crippen LogP) is 10.2. The minimum absolute atomic E-state index is 0.691. The van der Waals surface area contributed by atoms with Crippen LogP contribution in [-0.4, -0.2) is 0 Å². The number of hydrogen-bond donors (Lipinski definition) is 0. The summed E-state index contributed by atoms with van der Waals surface area (Å²) in [6.07, 6.45) is 4.36. The van der Waals surface area contributed by atoms with E-state index in [-0.39, 0.29) is 0 Å². The van der Waals surface area contributed by atoms with Crippen LogP contribution in [0, 0.1) is 0 Å². The van der Waals surface area contributed by atoms with Crippen molar-refractivity contribution < 1.29 is 4.74 Å². The van der Waals surface area contributed by atoms with Gasteiger partial charge in [0.1, 0.15) is 5.75 Å². The SMILES string of the molecule is C1=CC(c2ccccc2)(c2ccccc2)Oc2cc(-c3ccc(N(c4ccccc4)c4ccccc4)cc3)ccc21. The number of ether oxygens (including phenoxy) is 1. The maximum Gasteiger partial charge on any atom is 0.178 e. The fourth-order valence-corrected chi connectivity index (χ4v) is 5.61. The molecule has 1 heterocycles. The molecule has 0 N–H and O–H groups in total. The highest BCUT2D eigenvalue weighted by atomic mass is 16.5. The average Bonchev–Trinajstić information content (AvgIpc) is 3.06. The summed E-state index contributed by atoms with van der Waals surface area (Å²) in [4.78, 5) is 2.28. The summed E-state index contributed by atoms with van der Waals surface area (Å²) in [5.41, 5.74) is 8.20. The van der Waals surface area contributed by atoms with Gasteiger partial charge >= 0.3 is 0 Å². The van der Waals surface area contributed by atoms with Gasteiger partial charge < -0.3 is 9.64 Å². The van der Waals surface area contributed by atoms with Crippen LogP contribution >= 0.6 is 0 Å². The zero-order valence-corrected chi connectivity index (χ0v) is 22.6. The molecule has 0 atom stereocenters. The summed E-state index contributed by atoms with van der Waals surface area (Å²) in [5, 5.41) is 0. The number of hydrogen-bond acceptors (Lipinski definition) is 2. The summed E-state index contributed by atoms with van der Waals surface area (Å²) >= 11 is 0. The fourth-order valence-electron chi connectivity index (χ4n) is 5.61. The first-order valence-electron chi connectivity index (χ1n) is 13.9. The van der Waals surface area contributed by atoms with Crippen LogP contribution in [0.15, 0.2) is 170 Å². The summed E-state index contributed by atoms with van der Waals surface area (Å²) in [7, 11) is 0. The molecular formula is C39H29NO. The van der Waals surface area contributed by atoms with Crippen molar-refractivity contribution in [3.63, 3.8) is 0 Å². The third kappa shape index (κ3) is 4.70. The van der Waals surface area contributed by atoms with Crippen LogP contribution in [0.2, 0.25) is 0 Å². The molecule has 2 nitrogen and oxygen atoms in total. The number of para-hydroxylation sites is 2. The van der Waals surface area contributed by atoms with Crippen molar-refractivity contribution in [2.24, 2.45) is 0 Å². The number of rotatable bonds is 6. The molecule has 0 radical (unpaired) electrons. The van der Waals surface area contributed by atoms with E-state index in [0.717, 1.165) is 50.6 Å². The second kappa shape index (κ2) is 10.7. The monoisotopic (exact) mass is 527 g/mol. The van der Waals surface area contributed by atoms with E-state index in [2.05, 4.69) is 157 Å². The van der Waals surface area contributed by atoms with E-state index in [9.17, 15) is 0 Å². The second-order valence-corrected chi connectivity index (χ2v) is 10.2. The minimum Gasteiger partial charge on any atom is -0.473 e. The summed E-state index contributed by atoms with van der Waals surface area (Å²) in [5.74, 6) is 0.872. The molecule has 0 bridgehead atoms. The van der Waals surface area contributed by atoms with Gasteiger partial charge in [0.25, 0.3) is 0 Å². The van der Waals surface area contributed by atoms with Crippen LogP contribution < -0.4 is 9.64 Å². The first-order chi connectivity index (χ1) is 20.3. The molecule has 0 saturated carbocycles. The summed E-state index contributed by atoms with van der Waals surface area (Å²) in [6, 6.07) is 57.1. The zero-order valence-electron chi connectivity index (χ0n) is 22.6. The Morgan fingerprint density at radius 1 is 0.439 bits per heavy atom. The van der Waals surface area contributed by atoms with Crippen molar-refractivity contribution in [3.8, 4) is 16.9 Å². The van der Waals surface area contributed by atoms with Crippen molar-refractivity contribution in [1.82, 2.24) is 0 Å². The highest BCUT2D eigenvalue weighted by Crippen LogP contribution is 2.43. The highest BCUT2D eigenvalue weighted by Gasteiger charge is 2.36. The van der Waals surface area contributed by atoms with Gasteiger partial charge in [0.05, 0.1) is 0 Å². The predicted molar refractivity (Wildman–Crippen MR) is 170 cm³/mol. The molecule has 2 heteroatoms. The van der Waals surface area contributed by atoms with Gasteiger partial charge in [0.15, 0.2) is 5.60 Å². The van der Waals surface area contributed by atoms with Crippen molar-refractivity contribution in [3.05, 3.63) is 187 Å². The third-order valence-electron chi connectivity index (χ3n) is 7.68. The Kier molecular flexibility index (Phi) is 6.42. The van der Waals surface area contributed by atoms with Gasteiger partial charge in [0, 0.05) is 33.8 Å². The number of benzene rings is 6. The standard InChI is InChI=1S/C39H29NO/c1-5-13-33(14-6-1)39(34-15-7-2-8-16-34)28-27-31-21-22-32(29-38(31)41-39)30-23-25-37(26-24-30)40(35-17-9-3-10-18-35)36-19-11-4-12-20-36/h1-29H. The van der Waals surface area contributed by atoms with E-state index in [4.69, 9.17) is 4.74 Å². The van der Waals surface area contributed by atoms with Crippen LogP contribution in [0.1, 0.15) is 16.7 Å². The lowest BCUT2D eigenvalue weighted by Gasteiger charge is -2.36. The Bertz CT molecular complexity index is 1700. The first-order valence-corrected chi connectivity index (χ1v) is 13.9. The number of fused-ring (bicyclic) bond motifs is 1. The van der Waals surface area contributed by atoms with Crippen LogP contribution in [-0.2, 0) is 5.60 Å². The summed E-state index contributed by atoms with van der Waals surface area (Å²) < 4.78 is 6.94. The van der Waals surface area contributed by atoms with Crippen molar-refractivity contribution in [2.75, 3.05) is 4.90 Å². The van der Waals surface area contributed by atoms with Crippen LogP contribution in [0.25, 0.3) is 17.2 Å². The van der Waals surface area contributed by atoms with Gasteiger partial charge in [0.2, 0.25) is 0 Å². The molecule has 0 aromatic heterocycles. The Hall–Kier alpha value is -5.34. The molecule has 0 saturated heterocycles. The van der Waals surface area contributed by atoms with Gasteiger partial charge in [-0.15, -0.1) is 0 Å². The zero-order chi connectivity index (χ0) is 27.5. The molecule has 0 unspecified atom stereocenters. The van der Waals surface area contributed by atoms with E-state index in [1.165, 1.54) is 0 Å². The molecule has 0 fully saturated rings. The van der Waals surface area contributed by atoms with Crippen LogP contribution in [0.3, 0.4) is 0 Å². The maximum atomic E-state index is 6.94. The van der Waals surface area contributed by atoms with E-state index < -0.39 is 5.60 Å². The van der Waals surface area contributed by atoms with Crippen molar-refractivity contribution >= 4 is 23.1 Å². The van der Waals surface area contributed by atoms with E-state index in [1.54, 1.807) is 0 Å². The largest absolute Gasteiger partial charge is 0.473 e. The van der Waals surface area contributed by atoms with E-state index >= 15 is 0 Å². The number of anilines is 3. The maximum absolute atomic E-state index is 6.94. The Balaban J connectivity index is 1.25. The first kappa shape index (κ1) is 24.7. The molecule has 0 amide bonds. The van der Waals surface area contributed by atoms with Gasteiger partial charge in [-0.2, -0.15) is 0 Å². The lowest BCUT2D eigenvalue weighted by Crippen LogP contribution is -2.34. The lowest BCUT2D eigenvalue weighted by atomic mass is 9.83. The Morgan fingerprint density at radius 2 is 0.902 bits per heavy atom. The third-order valence-corrected chi connectivity index (χ3v) is 7.68. The molecule has 7 rings (SSSR count). The normalized spacial score (nSPS) is 13.2. The van der Waals surface area contributed by atoms with Crippen molar-refractivity contribution in [2.45, 2.75) is 5.60 Å². The molecule has 41 heavy (non-hydrogen) atoms. The van der Waals surface area contributed by atoms with Crippen molar-refractivity contribution in [1.29, 1.82) is 0 Å². The molecule has 0 aliphatic carbocycles. The molecule has 196 valence electrons. The second-order valence-electron chi connectivity index (χ2n) is 10.2. The molecule has 1 aliphatic rings. The molecule has 6 aromatic rings. The van der Waals surface area contributed by atoms with E-state index in [1.807, 2.05) is 24.3 Å². The smallest absolute Gasteiger partial charge is 0.178 e. The molecule has 0 spiro atoms. The van der Waals surface area contributed by atoms with Crippen LogP contribution in [0.5, 0.6) is 5.75 Å². The van der Waals surface area contributed by atoms with Gasteiger partial charge in [-0.3, -0.25) is 0 Å². The fraction of sp³-hybridized carbons (Fsp3) is 0.0256. The van der Waals surface area contributed by atoms with Crippen LogP contribution in [0.4, 0.5) is 17.1 Å². The minimum atomic E-state index is -0.691. The molecule has 6 aromatic carbocycles. The van der Waals surface area contributed by atoms with E-state index in [0.29, 0.717) is 0 Å². The lowest BCUT2D eigenvalue weighted by molar-refractivity contribution is 0.161. The Morgan fingerprint density at radius 3 is 1.44 bits per heavy atom. The van der Waals surface area contributed by atoms with Gasteiger partial charge in [-0.1, -0.05) is 127 Å². The average molecular weight is 528 g/mol. The van der Waals surface area contributed by atoms with Gasteiger partial charge in [-0.25, -0.2) is 0 Å². The van der Waals surface area contributed by atoms with Gasteiger partial charge in [-0.05, 0) is 59.7 Å².